The molecule has 0 aliphatic carbocycles. The molecule has 1 heterocycles. The Morgan fingerprint density at radius 1 is 1.21 bits per heavy atom. The molecule has 34 heavy (non-hydrogen) atoms. The van der Waals surface area contributed by atoms with Gasteiger partial charge in [-0.25, -0.2) is 22.6 Å². The van der Waals surface area contributed by atoms with Crippen LogP contribution in [0.3, 0.4) is 0 Å². The normalized spacial score (nSPS) is 11.9. The Bertz CT molecular complexity index is 1310. The van der Waals surface area contributed by atoms with E-state index in [-0.39, 0.29) is 28.6 Å². The third kappa shape index (κ3) is 6.80. The molecule has 11 heteroatoms. The van der Waals surface area contributed by atoms with Crippen LogP contribution in [0.1, 0.15) is 27.2 Å². The van der Waals surface area contributed by atoms with Crippen molar-refractivity contribution in [3.05, 3.63) is 57.9 Å². The van der Waals surface area contributed by atoms with Gasteiger partial charge in [0.2, 0.25) is 0 Å². The van der Waals surface area contributed by atoms with E-state index in [0.29, 0.717) is 27.1 Å². The van der Waals surface area contributed by atoms with E-state index in [1.54, 1.807) is 45.2 Å². The van der Waals surface area contributed by atoms with E-state index in [1.807, 2.05) is 0 Å². The zero-order valence-electron chi connectivity index (χ0n) is 18.8. The van der Waals surface area contributed by atoms with Gasteiger partial charge in [-0.15, -0.1) is 0 Å². The summed E-state index contributed by atoms with van der Waals surface area (Å²) in [5.41, 5.74) is 1.05. The monoisotopic (exact) mass is 571 g/mol. The maximum absolute atomic E-state index is 13.9. The van der Waals surface area contributed by atoms with Gasteiger partial charge in [-0.2, -0.15) is 0 Å². The van der Waals surface area contributed by atoms with Crippen LogP contribution in [0.15, 0.2) is 52.0 Å². The summed E-state index contributed by atoms with van der Waals surface area (Å²) in [5.74, 6) is -0.208. The zero-order valence-corrected chi connectivity index (χ0v) is 21.9. The van der Waals surface area contributed by atoms with Gasteiger partial charge in [0.25, 0.3) is 0 Å². The molecule has 182 valence electrons. The summed E-state index contributed by atoms with van der Waals surface area (Å²) >= 11 is 9.31. The van der Waals surface area contributed by atoms with Crippen LogP contribution in [0.2, 0.25) is 5.02 Å². The molecule has 3 aromatic rings. The van der Waals surface area contributed by atoms with Crippen LogP contribution in [0, 0.1) is 5.82 Å². The molecule has 0 radical (unpaired) electrons. The number of H-pyrrole nitrogens is 1. The number of nitrogens with one attached hydrogen (secondary N) is 2. The van der Waals surface area contributed by atoms with E-state index in [9.17, 15) is 17.6 Å². The highest BCUT2D eigenvalue weighted by molar-refractivity contribution is 9.10. The number of nitrogens with zero attached hydrogens (tertiary/aromatic N) is 1. The predicted molar refractivity (Wildman–Crippen MR) is 133 cm³/mol. The first-order valence-electron chi connectivity index (χ1n) is 10.4. The summed E-state index contributed by atoms with van der Waals surface area (Å²) < 4.78 is 45.2. The lowest BCUT2D eigenvalue weighted by Crippen LogP contribution is -2.33. The van der Waals surface area contributed by atoms with Crippen LogP contribution in [-0.2, 0) is 14.6 Å². The maximum Gasteiger partial charge on any atom is 0.407 e. The molecule has 0 fully saturated rings. The molecule has 0 aliphatic heterocycles. The Balaban J connectivity index is 1.72. The molecule has 0 spiro atoms. The molecule has 1 aromatic heterocycles. The molecule has 0 saturated carbocycles. The standard InChI is InChI=1S/C23H24BrClFN3O4S/c1-23(2,3)33-22(30)27-9-4-10-34(31,32)20-12-15(6-8-17(20)25)21-28-13-19(29-21)14-5-7-16(24)18(26)11-14/h5-8,11-13H,4,9-10H2,1-3H3,(H,27,30)(H,28,29). The van der Waals surface area contributed by atoms with Gasteiger partial charge in [-0.1, -0.05) is 17.7 Å². The van der Waals surface area contributed by atoms with Gasteiger partial charge in [-0.3, -0.25) is 0 Å². The molecule has 0 bridgehead atoms. The van der Waals surface area contributed by atoms with E-state index in [2.05, 4.69) is 31.2 Å². The van der Waals surface area contributed by atoms with Crippen molar-refractivity contribution in [2.45, 2.75) is 37.7 Å². The third-order valence-electron chi connectivity index (χ3n) is 4.60. The fourth-order valence-electron chi connectivity index (χ4n) is 3.04. The minimum atomic E-state index is -3.73. The summed E-state index contributed by atoms with van der Waals surface area (Å²) in [5, 5.41) is 2.63. The molecule has 0 aliphatic rings. The summed E-state index contributed by atoms with van der Waals surface area (Å²) in [6.45, 7) is 5.36. The van der Waals surface area contributed by atoms with Crippen LogP contribution >= 0.6 is 27.5 Å². The molecule has 7 nitrogen and oxygen atoms in total. The van der Waals surface area contributed by atoms with Crippen LogP contribution in [0.5, 0.6) is 0 Å². The number of rotatable bonds is 7. The summed E-state index contributed by atoms with van der Waals surface area (Å²) in [6, 6.07) is 9.28. The minimum absolute atomic E-state index is 0.0310. The number of ether oxygens (including phenoxy) is 1. The number of alkyl carbamates (subject to hydrolysis) is 1. The smallest absolute Gasteiger partial charge is 0.407 e. The number of sulfone groups is 1. The van der Waals surface area contributed by atoms with Gasteiger partial charge in [0.05, 0.1) is 32.0 Å². The van der Waals surface area contributed by atoms with Crippen molar-refractivity contribution in [2.75, 3.05) is 12.3 Å². The highest BCUT2D eigenvalue weighted by Crippen LogP contribution is 2.30. The average Bonchev–Trinajstić information content (AvgIpc) is 3.22. The van der Waals surface area contributed by atoms with E-state index >= 15 is 0 Å². The second-order valence-electron chi connectivity index (χ2n) is 8.52. The lowest BCUT2D eigenvalue weighted by atomic mass is 10.2. The lowest BCUT2D eigenvalue weighted by Gasteiger charge is -2.19. The van der Waals surface area contributed by atoms with Gasteiger partial charge >= 0.3 is 6.09 Å². The molecule has 0 unspecified atom stereocenters. The fraction of sp³-hybridized carbons (Fsp3) is 0.304. The first kappa shape index (κ1) is 26.2. The largest absolute Gasteiger partial charge is 0.444 e. The van der Waals surface area contributed by atoms with E-state index in [4.69, 9.17) is 16.3 Å². The molecular weight excluding hydrogens is 549 g/mol. The number of hydrogen-bond donors (Lipinski definition) is 2. The van der Waals surface area contributed by atoms with Crippen LogP contribution in [0.25, 0.3) is 22.6 Å². The highest BCUT2D eigenvalue weighted by Gasteiger charge is 2.21. The maximum atomic E-state index is 13.9. The summed E-state index contributed by atoms with van der Waals surface area (Å²) in [4.78, 5) is 19.1. The first-order valence-corrected chi connectivity index (χ1v) is 13.2. The average molecular weight is 573 g/mol. The van der Waals surface area contributed by atoms with Crippen molar-refractivity contribution in [2.24, 2.45) is 0 Å². The van der Waals surface area contributed by atoms with E-state index in [0.717, 1.165) is 0 Å². The van der Waals surface area contributed by atoms with Crippen LogP contribution in [-0.4, -0.2) is 42.4 Å². The lowest BCUT2D eigenvalue weighted by molar-refractivity contribution is 0.0528. The Hall–Kier alpha value is -2.43. The fourth-order valence-corrected chi connectivity index (χ4v) is 5.18. The van der Waals surface area contributed by atoms with Crippen molar-refractivity contribution in [1.29, 1.82) is 0 Å². The molecule has 3 rings (SSSR count). The topological polar surface area (TPSA) is 101 Å². The molecule has 2 N–H and O–H groups in total. The Labute approximate surface area is 211 Å². The second-order valence-corrected chi connectivity index (χ2v) is 11.9. The number of halogens is 3. The Kier molecular flexibility index (Phi) is 8.05. The predicted octanol–water partition coefficient (Wildman–Crippen LogP) is 5.99. The quantitative estimate of drug-likeness (QED) is 0.339. The summed E-state index contributed by atoms with van der Waals surface area (Å²) in [6.07, 6.45) is 1.12. The van der Waals surface area contributed by atoms with Crippen molar-refractivity contribution < 1.29 is 22.3 Å². The second kappa shape index (κ2) is 10.5. The number of imidazole rings is 1. The third-order valence-corrected chi connectivity index (χ3v) is 7.52. The van der Waals surface area contributed by atoms with Gasteiger partial charge in [0, 0.05) is 17.7 Å². The number of hydrogen-bond acceptors (Lipinski definition) is 5. The number of carbonyl (C=O) groups is 1. The molecule has 0 saturated heterocycles. The first-order chi connectivity index (χ1) is 15.9. The molecular formula is C23H24BrClFN3O4S. The minimum Gasteiger partial charge on any atom is -0.444 e. The van der Waals surface area contributed by atoms with E-state index in [1.165, 1.54) is 18.2 Å². The Morgan fingerprint density at radius 3 is 2.59 bits per heavy atom. The van der Waals surface area contributed by atoms with Crippen LogP contribution in [0.4, 0.5) is 9.18 Å². The Morgan fingerprint density at radius 2 is 1.91 bits per heavy atom. The SMILES string of the molecule is CC(C)(C)OC(=O)NCCCS(=O)(=O)c1cc(-c2ncc(-c3ccc(Br)c(F)c3)[nH]2)ccc1Cl. The zero-order chi connectivity index (χ0) is 25.1. The van der Waals surface area contributed by atoms with Gasteiger partial charge in [0.1, 0.15) is 17.2 Å². The molecule has 1 amide bonds. The number of benzene rings is 2. The highest BCUT2D eigenvalue weighted by atomic mass is 79.9. The summed E-state index contributed by atoms with van der Waals surface area (Å²) in [7, 11) is -3.73. The van der Waals surface area contributed by atoms with Crippen molar-refractivity contribution in [3.8, 4) is 22.6 Å². The molecule has 0 atom stereocenters. The number of aromatic amines is 1. The molecule has 2 aromatic carbocycles. The van der Waals surface area contributed by atoms with E-state index < -0.39 is 27.3 Å². The number of amides is 1. The van der Waals surface area contributed by atoms with Crippen molar-refractivity contribution in [1.82, 2.24) is 15.3 Å². The van der Waals surface area contributed by atoms with Crippen LogP contribution < -0.4 is 5.32 Å². The van der Waals surface area contributed by atoms with Crippen molar-refractivity contribution in [3.63, 3.8) is 0 Å². The van der Waals surface area contributed by atoms with Crippen molar-refractivity contribution >= 4 is 43.5 Å². The van der Waals surface area contributed by atoms with Gasteiger partial charge < -0.3 is 15.0 Å². The van der Waals surface area contributed by atoms with Gasteiger partial charge in [-0.05, 0) is 73.5 Å². The number of carbonyl (C=O) groups excluding carboxylic acids is 1. The number of aromatic nitrogens is 2. The van der Waals surface area contributed by atoms with Gasteiger partial charge in [0.15, 0.2) is 9.84 Å².